The highest BCUT2D eigenvalue weighted by Gasteiger charge is 2.08. The van der Waals surface area contributed by atoms with E-state index in [-0.39, 0.29) is 5.82 Å². The van der Waals surface area contributed by atoms with Crippen molar-refractivity contribution in [3.05, 3.63) is 40.2 Å². The molecule has 0 radical (unpaired) electrons. The maximum Gasteiger partial charge on any atom is 0.167 e. The summed E-state index contributed by atoms with van der Waals surface area (Å²) >= 11 is 3.15. The molecule has 3 nitrogen and oxygen atoms in total. The number of hydrogen-bond donors (Lipinski definition) is 1. The lowest BCUT2D eigenvalue weighted by molar-refractivity contribution is 0.420. The molecule has 0 aliphatic heterocycles. The molecule has 18 heavy (non-hydrogen) atoms. The lowest BCUT2D eigenvalue weighted by Gasteiger charge is -1.98. The molecule has 0 bridgehead atoms. The van der Waals surface area contributed by atoms with Crippen molar-refractivity contribution in [3.63, 3.8) is 0 Å². The van der Waals surface area contributed by atoms with Gasteiger partial charge in [0.2, 0.25) is 0 Å². The Hall–Kier alpha value is -1.20. The molecular weight excluding hydrogens is 299 g/mol. The van der Waals surface area contributed by atoms with Crippen molar-refractivity contribution in [2.75, 3.05) is 6.54 Å². The molecule has 96 valence electrons. The van der Waals surface area contributed by atoms with E-state index in [1.54, 1.807) is 12.1 Å². The summed E-state index contributed by atoms with van der Waals surface area (Å²) in [6, 6.07) is 6.61. The predicted molar refractivity (Wildman–Crippen MR) is 71.6 cm³/mol. The summed E-state index contributed by atoms with van der Waals surface area (Å²) in [7, 11) is 0. The summed E-state index contributed by atoms with van der Waals surface area (Å²) in [4.78, 5) is 0. The SMILES string of the molecule is CCCNCc1cc(-c2ccc(F)c(Br)c2)on1. The lowest BCUT2D eigenvalue weighted by Crippen LogP contribution is -2.13. The Bertz CT molecular complexity index is 527. The van der Waals surface area contributed by atoms with Crippen molar-refractivity contribution in [3.8, 4) is 11.3 Å². The zero-order valence-electron chi connectivity index (χ0n) is 10.0. The van der Waals surface area contributed by atoms with E-state index in [9.17, 15) is 4.39 Å². The van der Waals surface area contributed by atoms with Crippen LogP contribution in [-0.4, -0.2) is 11.7 Å². The van der Waals surface area contributed by atoms with E-state index in [4.69, 9.17) is 4.52 Å². The molecule has 0 unspecified atom stereocenters. The van der Waals surface area contributed by atoms with Crippen molar-refractivity contribution < 1.29 is 8.91 Å². The molecule has 0 aliphatic rings. The first-order valence-corrected chi connectivity index (χ1v) is 6.61. The normalized spacial score (nSPS) is 10.8. The van der Waals surface area contributed by atoms with Crippen LogP contribution in [0.15, 0.2) is 33.3 Å². The standard InChI is InChI=1S/C13H14BrFN2O/c1-2-5-16-8-10-7-13(18-17-10)9-3-4-12(15)11(14)6-9/h3-4,6-7,16H,2,5,8H2,1H3. The maximum absolute atomic E-state index is 13.1. The van der Waals surface area contributed by atoms with Gasteiger partial charge in [0.1, 0.15) is 5.82 Å². The number of nitrogens with zero attached hydrogens (tertiary/aromatic N) is 1. The smallest absolute Gasteiger partial charge is 0.167 e. The predicted octanol–water partition coefficient (Wildman–Crippen LogP) is 3.74. The van der Waals surface area contributed by atoms with Gasteiger partial charge < -0.3 is 9.84 Å². The largest absolute Gasteiger partial charge is 0.356 e. The minimum atomic E-state index is -0.289. The van der Waals surface area contributed by atoms with Crippen LogP contribution in [0.3, 0.4) is 0 Å². The molecule has 5 heteroatoms. The molecule has 0 saturated heterocycles. The zero-order valence-corrected chi connectivity index (χ0v) is 11.6. The van der Waals surface area contributed by atoms with Crippen molar-refractivity contribution in [2.45, 2.75) is 19.9 Å². The number of halogens is 2. The van der Waals surface area contributed by atoms with Gasteiger partial charge in [-0.3, -0.25) is 0 Å². The second-order valence-electron chi connectivity index (χ2n) is 3.99. The second-order valence-corrected chi connectivity index (χ2v) is 4.84. The van der Waals surface area contributed by atoms with Gasteiger partial charge in [0.25, 0.3) is 0 Å². The summed E-state index contributed by atoms with van der Waals surface area (Å²) in [5.41, 5.74) is 1.65. The second kappa shape index (κ2) is 6.11. The molecule has 0 atom stereocenters. The molecule has 0 amide bonds. The third kappa shape index (κ3) is 3.17. The van der Waals surface area contributed by atoms with Crippen LogP contribution >= 0.6 is 15.9 Å². The highest BCUT2D eigenvalue weighted by atomic mass is 79.9. The van der Waals surface area contributed by atoms with E-state index in [0.717, 1.165) is 24.2 Å². The van der Waals surface area contributed by atoms with E-state index in [2.05, 4.69) is 33.3 Å². The van der Waals surface area contributed by atoms with Crippen molar-refractivity contribution in [2.24, 2.45) is 0 Å². The molecule has 0 saturated carbocycles. The molecule has 1 aromatic heterocycles. The molecule has 2 rings (SSSR count). The summed E-state index contributed by atoms with van der Waals surface area (Å²) in [6.45, 7) is 3.74. The molecule has 1 heterocycles. The zero-order chi connectivity index (χ0) is 13.0. The van der Waals surface area contributed by atoms with Gasteiger partial charge in [0, 0.05) is 18.2 Å². The van der Waals surface area contributed by atoms with Gasteiger partial charge in [-0.05, 0) is 47.1 Å². The highest BCUT2D eigenvalue weighted by molar-refractivity contribution is 9.10. The average molecular weight is 313 g/mol. The fourth-order valence-corrected chi connectivity index (χ4v) is 1.95. The van der Waals surface area contributed by atoms with Crippen LogP contribution in [0.4, 0.5) is 4.39 Å². The Balaban J connectivity index is 2.11. The van der Waals surface area contributed by atoms with Crippen LogP contribution in [0, 0.1) is 5.82 Å². The minimum absolute atomic E-state index is 0.289. The minimum Gasteiger partial charge on any atom is -0.356 e. The molecular formula is C13H14BrFN2O. The Labute approximate surface area is 113 Å². The number of rotatable bonds is 5. The Kier molecular flexibility index (Phi) is 4.49. The number of benzene rings is 1. The third-order valence-corrected chi connectivity index (χ3v) is 3.10. The van der Waals surface area contributed by atoms with Crippen molar-refractivity contribution in [1.29, 1.82) is 0 Å². The Morgan fingerprint density at radius 3 is 2.94 bits per heavy atom. The van der Waals surface area contributed by atoms with E-state index < -0.39 is 0 Å². The molecule has 1 aromatic carbocycles. The summed E-state index contributed by atoms with van der Waals surface area (Å²) in [5.74, 6) is 0.354. The van der Waals surface area contributed by atoms with Crippen LogP contribution in [0.25, 0.3) is 11.3 Å². The fraction of sp³-hybridized carbons (Fsp3) is 0.308. The van der Waals surface area contributed by atoms with Gasteiger partial charge in [0.15, 0.2) is 5.76 Å². The Morgan fingerprint density at radius 1 is 1.39 bits per heavy atom. The molecule has 0 spiro atoms. The first-order valence-electron chi connectivity index (χ1n) is 5.82. The van der Waals surface area contributed by atoms with E-state index in [0.29, 0.717) is 16.8 Å². The van der Waals surface area contributed by atoms with Crippen LogP contribution < -0.4 is 5.32 Å². The van der Waals surface area contributed by atoms with Gasteiger partial charge in [0.05, 0.1) is 10.2 Å². The summed E-state index contributed by atoms with van der Waals surface area (Å²) < 4.78 is 18.8. The topological polar surface area (TPSA) is 38.1 Å². The van der Waals surface area contributed by atoms with Crippen LogP contribution in [0.5, 0.6) is 0 Å². The van der Waals surface area contributed by atoms with Crippen LogP contribution in [-0.2, 0) is 6.54 Å². The van der Waals surface area contributed by atoms with Crippen molar-refractivity contribution >= 4 is 15.9 Å². The Morgan fingerprint density at radius 2 is 2.22 bits per heavy atom. The number of nitrogens with one attached hydrogen (secondary N) is 1. The van der Waals surface area contributed by atoms with E-state index in [1.165, 1.54) is 6.07 Å². The maximum atomic E-state index is 13.1. The van der Waals surface area contributed by atoms with Gasteiger partial charge in [-0.2, -0.15) is 0 Å². The lowest BCUT2D eigenvalue weighted by atomic mass is 10.1. The van der Waals surface area contributed by atoms with Gasteiger partial charge in [-0.15, -0.1) is 0 Å². The first kappa shape index (κ1) is 13.2. The first-order chi connectivity index (χ1) is 8.70. The summed E-state index contributed by atoms with van der Waals surface area (Å²) in [6.07, 6.45) is 1.08. The van der Waals surface area contributed by atoms with E-state index >= 15 is 0 Å². The van der Waals surface area contributed by atoms with Crippen LogP contribution in [0.2, 0.25) is 0 Å². The molecule has 0 aliphatic carbocycles. The quantitative estimate of drug-likeness (QED) is 0.855. The van der Waals surface area contributed by atoms with Gasteiger partial charge in [-0.1, -0.05) is 12.1 Å². The monoisotopic (exact) mass is 312 g/mol. The average Bonchev–Trinajstić information content (AvgIpc) is 2.82. The van der Waals surface area contributed by atoms with Gasteiger partial charge in [-0.25, -0.2) is 4.39 Å². The van der Waals surface area contributed by atoms with Gasteiger partial charge >= 0.3 is 0 Å². The highest BCUT2D eigenvalue weighted by Crippen LogP contribution is 2.25. The van der Waals surface area contributed by atoms with E-state index in [1.807, 2.05) is 6.07 Å². The number of aromatic nitrogens is 1. The molecule has 1 N–H and O–H groups in total. The third-order valence-electron chi connectivity index (χ3n) is 2.50. The number of hydrogen-bond acceptors (Lipinski definition) is 3. The molecule has 2 aromatic rings. The van der Waals surface area contributed by atoms with Crippen molar-refractivity contribution in [1.82, 2.24) is 10.5 Å². The van der Waals surface area contributed by atoms with Crippen LogP contribution in [0.1, 0.15) is 19.0 Å². The summed E-state index contributed by atoms with van der Waals surface area (Å²) in [5, 5.41) is 7.21. The molecule has 0 fully saturated rings. The fourth-order valence-electron chi connectivity index (χ4n) is 1.57.